The zero-order chi connectivity index (χ0) is 36.9. The van der Waals surface area contributed by atoms with E-state index in [1.54, 1.807) is 0 Å². The zero-order valence-electron chi connectivity index (χ0n) is 30.8. The van der Waals surface area contributed by atoms with Crippen molar-refractivity contribution in [3.63, 3.8) is 0 Å². The van der Waals surface area contributed by atoms with Crippen LogP contribution in [0.2, 0.25) is 0 Å². The molecule has 0 amide bonds. The van der Waals surface area contributed by atoms with Crippen molar-refractivity contribution < 1.29 is 0 Å². The fraction of sp³-hybridized carbons (Fsp3) is 0. The first kappa shape index (κ1) is 27.7. The average Bonchev–Trinajstić information content (AvgIpc) is 4.15. The largest absolute Gasteiger partial charge is 0.308 e. The lowest BCUT2D eigenvalue weighted by Crippen LogP contribution is -1.85. The van der Waals surface area contributed by atoms with Crippen molar-refractivity contribution in [2.45, 2.75) is 0 Å². The second-order valence-electron chi connectivity index (χ2n) is 16.8. The van der Waals surface area contributed by atoms with Gasteiger partial charge in [-0.3, -0.25) is 0 Å². The monoisotopic (exact) mass is 730 g/mol. The summed E-state index contributed by atoms with van der Waals surface area (Å²) in [7, 11) is 0. The maximum Gasteiger partial charge on any atom is 0.0641 e. The highest BCUT2D eigenvalue weighted by atomic mass is 15.0. The van der Waals surface area contributed by atoms with Gasteiger partial charge in [-0.2, -0.15) is 0 Å². The highest BCUT2D eigenvalue weighted by Crippen LogP contribution is 2.49. The maximum atomic E-state index is 2.57. The molecule has 262 valence electrons. The molecule has 4 heteroatoms. The number of fused-ring (bicyclic) bond motifs is 25. The first-order valence-corrected chi connectivity index (χ1v) is 20.3. The first-order chi connectivity index (χ1) is 28.8. The molecule has 0 aliphatic carbocycles. The van der Waals surface area contributed by atoms with Crippen LogP contribution in [-0.2, 0) is 0 Å². The Hall–Kier alpha value is -7.82. The molecule has 8 aromatic heterocycles. The molecule has 0 unspecified atom stereocenters. The lowest BCUT2D eigenvalue weighted by atomic mass is 10.0. The summed E-state index contributed by atoms with van der Waals surface area (Å²) in [5.41, 5.74) is 15.4. The van der Waals surface area contributed by atoms with Crippen molar-refractivity contribution in [1.82, 2.24) is 17.6 Å². The second kappa shape index (κ2) is 8.76. The zero-order valence-corrected chi connectivity index (χ0v) is 30.8. The van der Waals surface area contributed by atoms with Crippen molar-refractivity contribution in [2.75, 3.05) is 0 Å². The third-order valence-corrected chi connectivity index (χ3v) is 14.4. The summed E-state index contributed by atoms with van der Waals surface area (Å²) in [6, 6.07) is 60.0. The number of hydrogen-bond donors (Lipinski definition) is 0. The summed E-state index contributed by atoms with van der Waals surface area (Å²) in [4.78, 5) is 0. The number of hydrogen-bond acceptors (Lipinski definition) is 0. The number of nitrogens with zero attached hydrogens (tertiary/aromatic N) is 4. The van der Waals surface area contributed by atoms with Crippen LogP contribution in [0.5, 0.6) is 0 Å². The van der Waals surface area contributed by atoms with E-state index in [-0.39, 0.29) is 0 Å². The van der Waals surface area contributed by atoms with Gasteiger partial charge in [0, 0.05) is 86.2 Å². The minimum atomic E-state index is 1.26. The molecule has 0 radical (unpaired) electrons. The summed E-state index contributed by atoms with van der Waals surface area (Å²) >= 11 is 0. The topological polar surface area (TPSA) is 17.6 Å². The summed E-state index contributed by atoms with van der Waals surface area (Å²) < 4.78 is 10.2. The van der Waals surface area contributed by atoms with Crippen LogP contribution in [0.1, 0.15) is 0 Å². The molecule has 0 aliphatic heterocycles. The normalized spacial score (nSPS) is 13.5. The van der Waals surface area contributed by atoms with Crippen LogP contribution in [0.15, 0.2) is 158 Å². The Morgan fingerprint density at radius 3 is 1.14 bits per heavy atom. The predicted octanol–water partition coefficient (Wildman–Crippen LogP) is 14.3. The first-order valence-electron chi connectivity index (χ1n) is 20.3. The molecule has 0 N–H and O–H groups in total. The van der Waals surface area contributed by atoms with Crippen molar-refractivity contribution in [1.29, 1.82) is 0 Å². The van der Waals surface area contributed by atoms with Crippen LogP contribution in [-0.4, -0.2) is 17.6 Å². The quantitative estimate of drug-likeness (QED) is 0.148. The Balaban J connectivity index is 1.05. The van der Waals surface area contributed by atoms with Gasteiger partial charge in [0.2, 0.25) is 0 Å². The van der Waals surface area contributed by atoms with E-state index < -0.39 is 0 Å². The second-order valence-corrected chi connectivity index (χ2v) is 16.8. The van der Waals surface area contributed by atoms with Gasteiger partial charge in [0.05, 0.1) is 66.2 Å². The van der Waals surface area contributed by atoms with Crippen molar-refractivity contribution >= 4 is 152 Å². The van der Waals surface area contributed by atoms with Gasteiger partial charge < -0.3 is 17.6 Å². The molecule has 9 aromatic carbocycles. The van der Waals surface area contributed by atoms with Gasteiger partial charge in [-0.15, -0.1) is 0 Å². The Morgan fingerprint density at radius 1 is 0.190 bits per heavy atom. The van der Waals surface area contributed by atoms with E-state index in [1.165, 1.54) is 152 Å². The summed E-state index contributed by atoms with van der Waals surface area (Å²) in [6.45, 7) is 0. The third-order valence-electron chi connectivity index (χ3n) is 14.4. The van der Waals surface area contributed by atoms with Crippen LogP contribution in [0.4, 0.5) is 0 Å². The molecule has 17 aromatic rings. The molecule has 0 saturated carbocycles. The standard InChI is InChI=1S/C54H26N4/c1-3-19-42-27(9-1)29-11-6-14-32-38-23-39-33-15-7-16-34-40-24-45-41(25-46(40)57(51(33)34)48(39)26-47(38)55(42)50(29)32)35-17-8-18-37-49-44(56(45)53(35)37)22-21-36-31-13-5-12-30-28-10-2-4-20-43(28)58(52(30)31)54(36)49/h1-26H. The number of rotatable bonds is 0. The average molecular weight is 731 g/mol. The lowest BCUT2D eigenvalue weighted by molar-refractivity contribution is 1.35. The Labute approximate surface area is 326 Å². The van der Waals surface area contributed by atoms with Gasteiger partial charge >= 0.3 is 0 Å². The third kappa shape index (κ3) is 2.70. The van der Waals surface area contributed by atoms with Crippen LogP contribution in [0.25, 0.3) is 152 Å². The van der Waals surface area contributed by atoms with E-state index in [4.69, 9.17) is 0 Å². The van der Waals surface area contributed by atoms with Gasteiger partial charge in [-0.05, 0) is 42.5 Å². The molecule has 0 aliphatic rings. The molecule has 0 saturated heterocycles. The van der Waals surface area contributed by atoms with Crippen LogP contribution >= 0.6 is 0 Å². The van der Waals surface area contributed by atoms with E-state index in [0.29, 0.717) is 0 Å². The van der Waals surface area contributed by atoms with Crippen LogP contribution in [0.3, 0.4) is 0 Å². The number of aromatic nitrogens is 4. The fourth-order valence-corrected chi connectivity index (χ4v) is 12.4. The van der Waals surface area contributed by atoms with E-state index in [9.17, 15) is 0 Å². The summed E-state index contributed by atoms with van der Waals surface area (Å²) in [6.07, 6.45) is 0. The van der Waals surface area contributed by atoms with Crippen LogP contribution < -0.4 is 0 Å². The van der Waals surface area contributed by atoms with Crippen LogP contribution in [0, 0.1) is 0 Å². The minimum absolute atomic E-state index is 1.26. The molecular weight excluding hydrogens is 705 g/mol. The fourth-order valence-electron chi connectivity index (χ4n) is 12.4. The van der Waals surface area contributed by atoms with E-state index in [1.807, 2.05) is 0 Å². The molecule has 0 spiro atoms. The molecule has 58 heavy (non-hydrogen) atoms. The van der Waals surface area contributed by atoms with Gasteiger partial charge in [0.1, 0.15) is 0 Å². The number of para-hydroxylation sites is 6. The van der Waals surface area contributed by atoms with Gasteiger partial charge in [-0.25, -0.2) is 0 Å². The Bertz CT molecular complexity index is 4680. The van der Waals surface area contributed by atoms with Gasteiger partial charge in [-0.1, -0.05) is 115 Å². The molecule has 17 rings (SSSR count). The smallest absolute Gasteiger partial charge is 0.0641 e. The molecule has 0 atom stereocenters. The maximum absolute atomic E-state index is 2.57. The number of benzene rings is 9. The van der Waals surface area contributed by atoms with Gasteiger partial charge in [0.25, 0.3) is 0 Å². The SMILES string of the molecule is c1ccc2c(c1)c1cccc3c4cc5c6cccc7c8cc9c(cc8n(c5cc4n2c13)c76)c1cccc2c3c(ccc4c5cccc6c7ccccc7n(c65)c43)n9c12. The predicted molar refractivity (Wildman–Crippen MR) is 245 cm³/mol. The summed E-state index contributed by atoms with van der Waals surface area (Å²) in [5, 5.41) is 21.0. The molecular formula is C54H26N4. The Morgan fingerprint density at radius 2 is 0.552 bits per heavy atom. The van der Waals surface area contributed by atoms with E-state index >= 15 is 0 Å². The molecule has 4 nitrogen and oxygen atoms in total. The molecule has 0 bridgehead atoms. The van der Waals surface area contributed by atoms with Crippen molar-refractivity contribution in [3.05, 3.63) is 158 Å². The Kier molecular flexibility index (Phi) is 4.18. The lowest BCUT2D eigenvalue weighted by Gasteiger charge is -2.04. The van der Waals surface area contributed by atoms with Crippen molar-refractivity contribution in [2.24, 2.45) is 0 Å². The van der Waals surface area contributed by atoms with E-state index in [0.717, 1.165) is 0 Å². The highest BCUT2D eigenvalue weighted by molar-refractivity contribution is 6.35. The molecule has 0 fully saturated rings. The van der Waals surface area contributed by atoms with Gasteiger partial charge in [0.15, 0.2) is 0 Å². The van der Waals surface area contributed by atoms with Crippen molar-refractivity contribution in [3.8, 4) is 0 Å². The molecule has 8 heterocycles. The summed E-state index contributed by atoms with van der Waals surface area (Å²) in [5.74, 6) is 0. The highest BCUT2D eigenvalue weighted by Gasteiger charge is 2.26. The minimum Gasteiger partial charge on any atom is -0.308 e. The van der Waals surface area contributed by atoms with E-state index in [2.05, 4.69) is 175 Å².